The Kier molecular flexibility index (Phi) is 4.93. The van der Waals surface area contributed by atoms with Crippen molar-refractivity contribution in [2.24, 2.45) is 0 Å². The molecule has 1 aromatic rings. The van der Waals surface area contributed by atoms with Gasteiger partial charge in [-0.3, -0.25) is 9.69 Å². The molecule has 102 valence electrons. The third kappa shape index (κ3) is 3.58. The molecular formula is C13H22N2O3. The number of amides is 1. The highest BCUT2D eigenvalue weighted by Crippen LogP contribution is 2.14. The number of aliphatic hydroxyl groups is 1. The number of hydrogen-bond donors (Lipinski definition) is 2. The average Bonchev–Trinajstić information content (AvgIpc) is 2.87. The highest BCUT2D eigenvalue weighted by atomic mass is 16.3. The largest absolute Gasteiger partial charge is 0.467 e. The van der Waals surface area contributed by atoms with Crippen LogP contribution in [0.1, 0.15) is 26.5 Å². The maximum atomic E-state index is 12.0. The van der Waals surface area contributed by atoms with Crippen molar-refractivity contribution in [1.29, 1.82) is 0 Å². The van der Waals surface area contributed by atoms with E-state index in [0.717, 1.165) is 5.76 Å². The van der Waals surface area contributed by atoms with Crippen LogP contribution >= 0.6 is 0 Å². The predicted molar refractivity (Wildman–Crippen MR) is 68.9 cm³/mol. The van der Waals surface area contributed by atoms with Gasteiger partial charge in [0.25, 0.3) is 0 Å². The first-order valence-corrected chi connectivity index (χ1v) is 6.02. The van der Waals surface area contributed by atoms with Gasteiger partial charge < -0.3 is 14.8 Å². The van der Waals surface area contributed by atoms with E-state index >= 15 is 0 Å². The molecule has 1 atom stereocenters. The van der Waals surface area contributed by atoms with Crippen LogP contribution in [-0.2, 0) is 11.3 Å². The maximum absolute atomic E-state index is 12.0. The summed E-state index contributed by atoms with van der Waals surface area (Å²) in [6, 6.07) is 3.28. The van der Waals surface area contributed by atoms with Gasteiger partial charge in [0.1, 0.15) is 5.76 Å². The lowest BCUT2D eigenvalue weighted by Crippen LogP contribution is -2.54. The van der Waals surface area contributed by atoms with Gasteiger partial charge in [0.2, 0.25) is 5.91 Å². The predicted octanol–water partition coefficient (Wildman–Crippen LogP) is 0.987. The fourth-order valence-corrected chi connectivity index (χ4v) is 1.55. The van der Waals surface area contributed by atoms with Crippen LogP contribution in [0.15, 0.2) is 22.8 Å². The van der Waals surface area contributed by atoms with Gasteiger partial charge in [-0.15, -0.1) is 0 Å². The van der Waals surface area contributed by atoms with Gasteiger partial charge in [0, 0.05) is 5.54 Å². The normalized spacial score (nSPS) is 13.7. The van der Waals surface area contributed by atoms with Crippen molar-refractivity contribution in [2.45, 2.75) is 38.9 Å². The zero-order valence-corrected chi connectivity index (χ0v) is 11.4. The van der Waals surface area contributed by atoms with E-state index in [1.807, 2.05) is 38.8 Å². The minimum Gasteiger partial charge on any atom is -0.467 e. The summed E-state index contributed by atoms with van der Waals surface area (Å²) in [5.74, 6) is 0.634. The molecule has 0 radical (unpaired) electrons. The van der Waals surface area contributed by atoms with Crippen LogP contribution in [-0.4, -0.2) is 41.1 Å². The third-order valence-corrected chi connectivity index (χ3v) is 3.32. The lowest BCUT2D eigenvalue weighted by molar-refractivity contribution is -0.128. The van der Waals surface area contributed by atoms with Crippen molar-refractivity contribution in [2.75, 3.05) is 13.7 Å². The van der Waals surface area contributed by atoms with Gasteiger partial charge >= 0.3 is 0 Å². The minimum atomic E-state index is -0.429. The van der Waals surface area contributed by atoms with E-state index in [9.17, 15) is 9.90 Å². The first kappa shape index (κ1) is 14.7. The molecule has 0 aliphatic heterocycles. The Balaban J connectivity index is 2.51. The first-order valence-electron chi connectivity index (χ1n) is 6.02. The molecule has 5 nitrogen and oxygen atoms in total. The number of furan rings is 1. The van der Waals surface area contributed by atoms with Crippen LogP contribution in [0.5, 0.6) is 0 Å². The number of carbonyl (C=O) groups is 1. The zero-order valence-electron chi connectivity index (χ0n) is 11.4. The lowest BCUT2D eigenvalue weighted by atomic mass is 10.0. The smallest absolute Gasteiger partial charge is 0.237 e. The Labute approximate surface area is 108 Å². The van der Waals surface area contributed by atoms with E-state index in [2.05, 4.69) is 5.32 Å². The molecule has 2 N–H and O–H groups in total. The summed E-state index contributed by atoms with van der Waals surface area (Å²) in [4.78, 5) is 13.8. The Morgan fingerprint density at radius 2 is 2.28 bits per heavy atom. The molecule has 0 fully saturated rings. The van der Waals surface area contributed by atoms with Crippen LogP contribution in [0.2, 0.25) is 0 Å². The SMILES string of the molecule is CC(C(=O)NCc1ccco1)N(C)C(C)(C)CO. The number of aliphatic hydroxyl groups excluding tert-OH is 1. The monoisotopic (exact) mass is 254 g/mol. The van der Waals surface area contributed by atoms with Crippen molar-refractivity contribution in [3.8, 4) is 0 Å². The first-order chi connectivity index (χ1) is 8.38. The average molecular weight is 254 g/mol. The van der Waals surface area contributed by atoms with Crippen LogP contribution in [0, 0.1) is 0 Å². The number of likely N-dealkylation sites (N-methyl/N-ethyl adjacent to an activating group) is 1. The second-order valence-electron chi connectivity index (χ2n) is 5.05. The van der Waals surface area contributed by atoms with Gasteiger partial charge in [-0.05, 0) is 40.0 Å². The van der Waals surface area contributed by atoms with Gasteiger partial charge in [-0.1, -0.05) is 0 Å². The molecular weight excluding hydrogens is 232 g/mol. The van der Waals surface area contributed by atoms with Crippen LogP contribution in [0.25, 0.3) is 0 Å². The number of carbonyl (C=O) groups excluding carboxylic acids is 1. The molecule has 1 amide bonds. The fourth-order valence-electron chi connectivity index (χ4n) is 1.55. The number of nitrogens with one attached hydrogen (secondary N) is 1. The molecule has 0 spiro atoms. The summed E-state index contributed by atoms with van der Waals surface area (Å²) in [5.41, 5.74) is -0.429. The number of hydrogen-bond acceptors (Lipinski definition) is 4. The van der Waals surface area contributed by atoms with E-state index in [1.54, 1.807) is 12.3 Å². The van der Waals surface area contributed by atoms with Gasteiger partial charge in [-0.25, -0.2) is 0 Å². The fraction of sp³-hybridized carbons (Fsp3) is 0.615. The molecule has 0 aromatic carbocycles. The number of rotatable bonds is 6. The standard InChI is InChI=1S/C13H22N2O3/c1-10(15(4)13(2,3)9-16)12(17)14-8-11-6-5-7-18-11/h5-7,10,16H,8-9H2,1-4H3,(H,14,17). The van der Waals surface area contributed by atoms with Gasteiger partial charge in [0.15, 0.2) is 0 Å². The Bertz CT molecular complexity index is 374. The van der Waals surface area contributed by atoms with Crippen molar-refractivity contribution < 1.29 is 14.3 Å². The summed E-state index contributed by atoms with van der Waals surface area (Å²) in [5, 5.41) is 12.1. The Morgan fingerprint density at radius 3 is 2.78 bits per heavy atom. The third-order valence-electron chi connectivity index (χ3n) is 3.32. The molecule has 0 saturated carbocycles. The molecule has 0 aliphatic carbocycles. The minimum absolute atomic E-state index is 0.000691. The van der Waals surface area contributed by atoms with Crippen LogP contribution in [0.4, 0.5) is 0 Å². The van der Waals surface area contributed by atoms with Gasteiger partial charge in [-0.2, -0.15) is 0 Å². The summed E-state index contributed by atoms with van der Waals surface area (Å²) in [7, 11) is 1.83. The summed E-state index contributed by atoms with van der Waals surface area (Å²) >= 11 is 0. The molecule has 1 aromatic heterocycles. The molecule has 1 rings (SSSR count). The quantitative estimate of drug-likeness (QED) is 0.794. The maximum Gasteiger partial charge on any atom is 0.237 e. The van der Waals surface area contributed by atoms with E-state index in [0.29, 0.717) is 6.54 Å². The molecule has 0 bridgehead atoms. The van der Waals surface area contributed by atoms with E-state index < -0.39 is 5.54 Å². The molecule has 1 heterocycles. The van der Waals surface area contributed by atoms with Crippen LogP contribution in [0.3, 0.4) is 0 Å². The molecule has 5 heteroatoms. The van der Waals surface area contributed by atoms with E-state index in [1.165, 1.54) is 0 Å². The van der Waals surface area contributed by atoms with Gasteiger partial charge in [0.05, 0.1) is 25.5 Å². The molecule has 0 saturated heterocycles. The number of nitrogens with zero attached hydrogens (tertiary/aromatic N) is 1. The molecule has 1 unspecified atom stereocenters. The van der Waals surface area contributed by atoms with E-state index in [4.69, 9.17) is 4.42 Å². The van der Waals surface area contributed by atoms with Crippen molar-refractivity contribution in [3.63, 3.8) is 0 Å². The Hall–Kier alpha value is -1.33. The second-order valence-corrected chi connectivity index (χ2v) is 5.05. The molecule has 0 aliphatic rings. The molecule has 18 heavy (non-hydrogen) atoms. The summed E-state index contributed by atoms with van der Waals surface area (Å²) in [6.45, 7) is 5.98. The van der Waals surface area contributed by atoms with E-state index in [-0.39, 0.29) is 18.6 Å². The summed E-state index contributed by atoms with van der Waals surface area (Å²) in [6.07, 6.45) is 1.58. The topological polar surface area (TPSA) is 65.7 Å². The van der Waals surface area contributed by atoms with Crippen molar-refractivity contribution in [3.05, 3.63) is 24.2 Å². The zero-order chi connectivity index (χ0) is 13.8. The summed E-state index contributed by atoms with van der Waals surface area (Å²) < 4.78 is 5.14. The van der Waals surface area contributed by atoms with Crippen LogP contribution < -0.4 is 5.32 Å². The highest BCUT2D eigenvalue weighted by Gasteiger charge is 2.30. The van der Waals surface area contributed by atoms with Crippen molar-refractivity contribution >= 4 is 5.91 Å². The Morgan fingerprint density at radius 1 is 1.61 bits per heavy atom. The second kappa shape index (κ2) is 6.02. The van der Waals surface area contributed by atoms with Crippen molar-refractivity contribution in [1.82, 2.24) is 10.2 Å². The highest BCUT2D eigenvalue weighted by molar-refractivity contribution is 5.81. The lowest BCUT2D eigenvalue weighted by Gasteiger charge is -2.37.